The molecular weight excluding hydrogens is 244 g/mol. The Balaban J connectivity index is 4.51. The van der Waals surface area contributed by atoms with Crippen LogP contribution in [0.5, 0.6) is 0 Å². The minimum Gasteiger partial charge on any atom is -0.480 e. The molecule has 2 amide bonds. The zero-order chi connectivity index (χ0) is 14.9. The molecule has 0 fully saturated rings. The largest absolute Gasteiger partial charge is 0.480 e. The number of hydrogen-bond acceptors (Lipinski definition) is 2. The third-order valence-corrected chi connectivity index (χ3v) is 3.86. The van der Waals surface area contributed by atoms with Gasteiger partial charge in [-0.3, -0.25) is 0 Å². The lowest BCUT2D eigenvalue weighted by Crippen LogP contribution is -2.54. The van der Waals surface area contributed by atoms with Crippen molar-refractivity contribution in [3.63, 3.8) is 0 Å². The molecule has 0 saturated heterocycles. The number of nitrogens with one attached hydrogen (secondary N) is 2. The Morgan fingerprint density at radius 3 is 2.00 bits per heavy atom. The zero-order valence-electron chi connectivity index (χ0n) is 12.6. The van der Waals surface area contributed by atoms with Crippen LogP contribution in [0.3, 0.4) is 0 Å². The number of hydrogen-bond donors (Lipinski definition) is 3. The molecule has 0 aliphatic rings. The number of rotatable bonds is 9. The average Bonchev–Trinajstić information content (AvgIpc) is 2.40. The van der Waals surface area contributed by atoms with Crippen molar-refractivity contribution in [1.82, 2.24) is 10.6 Å². The Kier molecular flexibility index (Phi) is 8.19. The van der Waals surface area contributed by atoms with Crippen molar-refractivity contribution in [2.45, 2.75) is 77.8 Å². The standard InChI is InChI=1S/C14H28N2O3/c1-5-9-10-11(12(17)18)15-13(19)16-14(6-2,7-3)8-4/h11H,5-10H2,1-4H3,(H,17,18)(H2,15,16,19). The van der Waals surface area contributed by atoms with E-state index in [2.05, 4.69) is 10.6 Å². The molecule has 1 unspecified atom stereocenters. The van der Waals surface area contributed by atoms with Crippen molar-refractivity contribution in [3.8, 4) is 0 Å². The topological polar surface area (TPSA) is 78.4 Å². The number of carboxylic acids is 1. The maximum absolute atomic E-state index is 11.9. The minimum absolute atomic E-state index is 0.238. The van der Waals surface area contributed by atoms with Crippen molar-refractivity contribution >= 4 is 12.0 Å². The molecule has 0 aromatic rings. The first kappa shape index (κ1) is 17.7. The summed E-state index contributed by atoms with van der Waals surface area (Å²) in [6.45, 7) is 8.08. The molecule has 0 spiro atoms. The molecule has 0 radical (unpaired) electrons. The first-order chi connectivity index (χ1) is 8.94. The predicted molar refractivity (Wildman–Crippen MR) is 76.2 cm³/mol. The van der Waals surface area contributed by atoms with Crippen LogP contribution in [-0.2, 0) is 4.79 Å². The van der Waals surface area contributed by atoms with Gasteiger partial charge < -0.3 is 15.7 Å². The van der Waals surface area contributed by atoms with Gasteiger partial charge in [0.25, 0.3) is 0 Å². The van der Waals surface area contributed by atoms with Crippen LogP contribution >= 0.6 is 0 Å². The van der Waals surface area contributed by atoms with Crippen LogP contribution in [0.1, 0.15) is 66.2 Å². The van der Waals surface area contributed by atoms with E-state index in [9.17, 15) is 9.59 Å². The highest BCUT2D eigenvalue weighted by molar-refractivity contribution is 5.82. The summed E-state index contributed by atoms with van der Waals surface area (Å²) in [5, 5.41) is 14.6. The van der Waals surface area contributed by atoms with Gasteiger partial charge in [0.05, 0.1) is 0 Å². The SMILES string of the molecule is CCCCC(NC(=O)NC(CC)(CC)CC)C(=O)O. The summed E-state index contributed by atoms with van der Waals surface area (Å²) in [5.74, 6) is -0.973. The summed E-state index contributed by atoms with van der Waals surface area (Å²) < 4.78 is 0. The van der Waals surface area contributed by atoms with Gasteiger partial charge in [-0.1, -0.05) is 40.5 Å². The highest BCUT2D eigenvalue weighted by Crippen LogP contribution is 2.19. The minimum atomic E-state index is -0.973. The van der Waals surface area contributed by atoms with Crippen molar-refractivity contribution in [2.24, 2.45) is 0 Å². The molecule has 5 heteroatoms. The molecule has 1 atom stereocenters. The molecule has 19 heavy (non-hydrogen) atoms. The highest BCUT2D eigenvalue weighted by Gasteiger charge is 2.27. The second-order valence-electron chi connectivity index (χ2n) is 4.97. The molecular formula is C14H28N2O3. The third kappa shape index (κ3) is 5.94. The smallest absolute Gasteiger partial charge is 0.326 e. The Bertz CT molecular complexity index is 280. The molecule has 112 valence electrons. The van der Waals surface area contributed by atoms with Crippen LogP contribution in [0.15, 0.2) is 0 Å². The molecule has 0 bridgehead atoms. The van der Waals surface area contributed by atoms with E-state index in [1.54, 1.807) is 0 Å². The van der Waals surface area contributed by atoms with E-state index in [0.29, 0.717) is 6.42 Å². The first-order valence-electron chi connectivity index (χ1n) is 7.26. The lowest BCUT2D eigenvalue weighted by atomic mass is 9.90. The van der Waals surface area contributed by atoms with E-state index < -0.39 is 12.0 Å². The predicted octanol–water partition coefficient (Wildman–Crippen LogP) is 2.90. The van der Waals surface area contributed by atoms with E-state index in [-0.39, 0.29) is 11.6 Å². The Morgan fingerprint density at radius 2 is 1.63 bits per heavy atom. The van der Waals surface area contributed by atoms with Gasteiger partial charge in [-0.2, -0.15) is 0 Å². The molecule has 0 heterocycles. The molecule has 0 aliphatic heterocycles. The fraction of sp³-hybridized carbons (Fsp3) is 0.857. The summed E-state index contributed by atoms with van der Waals surface area (Å²) in [6, 6.07) is -1.18. The van der Waals surface area contributed by atoms with Crippen LogP contribution in [0.4, 0.5) is 4.79 Å². The summed E-state index contributed by atoms with van der Waals surface area (Å²) in [6.07, 6.45) is 4.67. The fourth-order valence-corrected chi connectivity index (χ4v) is 2.12. The van der Waals surface area contributed by atoms with E-state index in [0.717, 1.165) is 32.1 Å². The number of carbonyl (C=O) groups excluding carboxylic acids is 1. The van der Waals surface area contributed by atoms with Crippen molar-refractivity contribution in [2.75, 3.05) is 0 Å². The number of aliphatic carboxylic acids is 1. The first-order valence-corrected chi connectivity index (χ1v) is 7.26. The van der Waals surface area contributed by atoms with E-state index >= 15 is 0 Å². The van der Waals surface area contributed by atoms with Crippen molar-refractivity contribution < 1.29 is 14.7 Å². The molecule has 5 nitrogen and oxygen atoms in total. The van der Waals surface area contributed by atoms with Crippen LogP contribution in [0.2, 0.25) is 0 Å². The quantitative estimate of drug-likeness (QED) is 0.604. The average molecular weight is 272 g/mol. The van der Waals surface area contributed by atoms with Gasteiger partial charge in [0.1, 0.15) is 6.04 Å². The Labute approximate surface area is 116 Å². The van der Waals surface area contributed by atoms with Crippen molar-refractivity contribution in [1.29, 1.82) is 0 Å². The summed E-state index contributed by atoms with van der Waals surface area (Å²) >= 11 is 0. The molecule has 3 N–H and O–H groups in total. The van der Waals surface area contributed by atoms with E-state index in [4.69, 9.17) is 5.11 Å². The molecule has 0 aromatic carbocycles. The number of carboxylic acid groups (broad SMARTS) is 1. The fourth-order valence-electron chi connectivity index (χ4n) is 2.12. The van der Waals surface area contributed by atoms with Gasteiger partial charge in [0.15, 0.2) is 0 Å². The lowest BCUT2D eigenvalue weighted by Gasteiger charge is -2.32. The van der Waals surface area contributed by atoms with Gasteiger partial charge in [-0.25, -0.2) is 9.59 Å². The Morgan fingerprint density at radius 1 is 1.11 bits per heavy atom. The van der Waals surface area contributed by atoms with E-state index in [1.165, 1.54) is 0 Å². The van der Waals surface area contributed by atoms with Gasteiger partial charge in [0, 0.05) is 5.54 Å². The maximum atomic E-state index is 11.9. The summed E-state index contributed by atoms with van der Waals surface area (Å²) in [5.41, 5.74) is -0.238. The molecule has 0 aromatic heterocycles. The molecule has 0 rings (SSSR count). The van der Waals surface area contributed by atoms with Gasteiger partial charge in [-0.15, -0.1) is 0 Å². The second-order valence-corrected chi connectivity index (χ2v) is 4.97. The van der Waals surface area contributed by atoms with Crippen LogP contribution in [0.25, 0.3) is 0 Å². The van der Waals surface area contributed by atoms with Crippen LogP contribution in [0, 0.1) is 0 Å². The number of urea groups is 1. The molecule has 0 saturated carbocycles. The zero-order valence-corrected chi connectivity index (χ0v) is 12.6. The second kappa shape index (κ2) is 8.77. The third-order valence-electron chi connectivity index (χ3n) is 3.86. The summed E-state index contributed by atoms with van der Waals surface area (Å²) in [7, 11) is 0. The number of unbranched alkanes of at least 4 members (excludes halogenated alkanes) is 1. The molecule has 0 aliphatic carbocycles. The number of carbonyl (C=O) groups is 2. The van der Waals surface area contributed by atoms with E-state index in [1.807, 2.05) is 27.7 Å². The Hall–Kier alpha value is -1.26. The summed E-state index contributed by atoms with van der Waals surface area (Å²) in [4.78, 5) is 23.0. The highest BCUT2D eigenvalue weighted by atomic mass is 16.4. The number of amides is 2. The van der Waals surface area contributed by atoms with Gasteiger partial charge >= 0.3 is 12.0 Å². The maximum Gasteiger partial charge on any atom is 0.326 e. The monoisotopic (exact) mass is 272 g/mol. The lowest BCUT2D eigenvalue weighted by molar-refractivity contribution is -0.139. The normalized spacial score (nSPS) is 12.8. The van der Waals surface area contributed by atoms with Crippen molar-refractivity contribution in [3.05, 3.63) is 0 Å². The van der Waals surface area contributed by atoms with Gasteiger partial charge in [-0.05, 0) is 25.7 Å². The van der Waals surface area contributed by atoms with Gasteiger partial charge in [0.2, 0.25) is 0 Å². The van der Waals surface area contributed by atoms with Crippen LogP contribution < -0.4 is 10.6 Å². The van der Waals surface area contributed by atoms with Crippen LogP contribution in [-0.4, -0.2) is 28.7 Å².